The highest BCUT2D eigenvalue weighted by molar-refractivity contribution is 5.84. The Bertz CT molecular complexity index is 684. The zero-order valence-electron chi connectivity index (χ0n) is 12.8. The Balaban J connectivity index is 1.63. The van der Waals surface area contributed by atoms with Crippen LogP contribution >= 0.6 is 0 Å². The van der Waals surface area contributed by atoms with E-state index in [4.69, 9.17) is 0 Å². The van der Waals surface area contributed by atoms with E-state index in [1.54, 1.807) is 0 Å². The largest absolute Gasteiger partial charge is 0.387 e. The molecule has 2 aromatic carbocycles. The van der Waals surface area contributed by atoms with E-state index in [0.29, 0.717) is 5.56 Å². The van der Waals surface area contributed by atoms with Gasteiger partial charge in [0.15, 0.2) is 0 Å². The predicted molar refractivity (Wildman–Crippen MR) is 86.5 cm³/mol. The Morgan fingerprint density at radius 1 is 1.22 bits per heavy atom. The van der Waals surface area contributed by atoms with Crippen molar-refractivity contribution in [2.45, 2.75) is 31.3 Å². The molecule has 0 fully saturated rings. The summed E-state index contributed by atoms with van der Waals surface area (Å²) in [4.78, 5) is 12.5. The summed E-state index contributed by atoms with van der Waals surface area (Å²) in [5, 5.41) is 12.9. The van der Waals surface area contributed by atoms with E-state index in [1.807, 2.05) is 18.2 Å². The van der Waals surface area contributed by atoms with Gasteiger partial charge in [-0.3, -0.25) is 4.79 Å². The van der Waals surface area contributed by atoms with E-state index in [9.17, 15) is 14.3 Å². The number of halogens is 1. The lowest BCUT2D eigenvalue weighted by Gasteiger charge is -2.25. The molecule has 1 aliphatic carbocycles. The SMILES string of the molecule is O=C(NCC(O)c1ccc(F)cc1)C1CCCc2ccccc21. The summed E-state index contributed by atoms with van der Waals surface area (Å²) in [5.41, 5.74) is 2.92. The van der Waals surface area contributed by atoms with E-state index >= 15 is 0 Å². The van der Waals surface area contributed by atoms with Gasteiger partial charge in [-0.15, -0.1) is 0 Å². The molecule has 2 unspecified atom stereocenters. The summed E-state index contributed by atoms with van der Waals surface area (Å²) in [6, 6.07) is 13.7. The Morgan fingerprint density at radius 3 is 2.74 bits per heavy atom. The zero-order chi connectivity index (χ0) is 16.2. The highest BCUT2D eigenvalue weighted by atomic mass is 19.1. The van der Waals surface area contributed by atoms with Crippen LogP contribution in [0.15, 0.2) is 48.5 Å². The fourth-order valence-corrected chi connectivity index (χ4v) is 3.15. The summed E-state index contributed by atoms with van der Waals surface area (Å²) in [6.07, 6.45) is 2.00. The molecule has 2 N–H and O–H groups in total. The molecule has 3 nitrogen and oxygen atoms in total. The summed E-state index contributed by atoms with van der Waals surface area (Å²) < 4.78 is 12.9. The van der Waals surface area contributed by atoms with Crippen LogP contribution < -0.4 is 5.32 Å². The lowest BCUT2D eigenvalue weighted by atomic mass is 9.82. The van der Waals surface area contributed by atoms with E-state index in [1.165, 1.54) is 29.8 Å². The van der Waals surface area contributed by atoms with Crippen LogP contribution in [-0.4, -0.2) is 17.6 Å². The van der Waals surface area contributed by atoms with Crippen molar-refractivity contribution in [1.29, 1.82) is 0 Å². The minimum Gasteiger partial charge on any atom is -0.387 e. The molecule has 0 radical (unpaired) electrons. The maximum absolute atomic E-state index is 12.9. The molecule has 0 saturated heterocycles. The molecule has 23 heavy (non-hydrogen) atoms. The third-order valence-electron chi connectivity index (χ3n) is 4.41. The highest BCUT2D eigenvalue weighted by Gasteiger charge is 2.26. The second-order valence-corrected chi connectivity index (χ2v) is 5.96. The van der Waals surface area contributed by atoms with Crippen molar-refractivity contribution in [1.82, 2.24) is 5.32 Å². The molecular weight excluding hydrogens is 293 g/mol. The number of amides is 1. The first-order valence-electron chi connectivity index (χ1n) is 7.94. The molecule has 1 aliphatic rings. The molecule has 1 amide bonds. The van der Waals surface area contributed by atoms with Crippen molar-refractivity contribution in [2.24, 2.45) is 0 Å². The number of aryl methyl sites for hydroxylation is 1. The lowest BCUT2D eigenvalue weighted by molar-refractivity contribution is -0.123. The minimum absolute atomic E-state index is 0.0571. The molecule has 0 spiro atoms. The van der Waals surface area contributed by atoms with Gasteiger partial charge in [0.25, 0.3) is 0 Å². The second-order valence-electron chi connectivity index (χ2n) is 5.96. The maximum Gasteiger partial charge on any atom is 0.227 e. The first-order chi connectivity index (χ1) is 11.1. The summed E-state index contributed by atoms with van der Waals surface area (Å²) in [5.74, 6) is -0.553. The van der Waals surface area contributed by atoms with Gasteiger partial charge in [0.2, 0.25) is 5.91 Å². The molecular formula is C19H20FNO2. The van der Waals surface area contributed by atoms with Crippen LogP contribution in [0.3, 0.4) is 0 Å². The molecule has 0 saturated carbocycles. The van der Waals surface area contributed by atoms with E-state index in [0.717, 1.165) is 24.8 Å². The molecule has 2 atom stereocenters. The summed E-state index contributed by atoms with van der Waals surface area (Å²) in [6.45, 7) is 0.128. The van der Waals surface area contributed by atoms with E-state index in [-0.39, 0.29) is 24.2 Å². The van der Waals surface area contributed by atoms with E-state index < -0.39 is 6.10 Å². The van der Waals surface area contributed by atoms with Gasteiger partial charge in [0, 0.05) is 6.54 Å². The van der Waals surface area contributed by atoms with Crippen LogP contribution in [0.25, 0.3) is 0 Å². The number of carbonyl (C=O) groups excluding carboxylic acids is 1. The van der Waals surface area contributed by atoms with Gasteiger partial charge in [-0.05, 0) is 48.1 Å². The smallest absolute Gasteiger partial charge is 0.227 e. The van der Waals surface area contributed by atoms with Gasteiger partial charge in [-0.25, -0.2) is 4.39 Å². The molecule has 2 aromatic rings. The standard InChI is InChI=1S/C19H20FNO2/c20-15-10-8-14(9-11-15)18(22)12-21-19(23)17-7-3-5-13-4-1-2-6-16(13)17/h1-2,4,6,8-11,17-18,22H,3,5,7,12H2,(H,21,23). The number of hydrogen-bond acceptors (Lipinski definition) is 2. The van der Waals surface area contributed by atoms with E-state index in [2.05, 4.69) is 11.4 Å². The van der Waals surface area contributed by atoms with Gasteiger partial charge >= 0.3 is 0 Å². The van der Waals surface area contributed by atoms with Crippen molar-refractivity contribution in [3.8, 4) is 0 Å². The number of benzene rings is 2. The quantitative estimate of drug-likeness (QED) is 0.911. The third kappa shape index (κ3) is 3.59. The first-order valence-corrected chi connectivity index (χ1v) is 7.94. The van der Waals surface area contributed by atoms with Crippen LogP contribution in [0, 0.1) is 5.82 Å². The number of aliphatic hydroxyl groups is 1. The summed E-state index contributed by atoms with van der Waals surface area (Å²) in [7, 11) is 0. The Labute approximate surface area is 135 Å². The monoisotopic (exact) mass is 313 g/mol. The maximum atomic E-state index is 12.9. The van der Waals surface area contributed by atoms with Crippen molar-refractivity contribution in [3.05, 3.63) is 71.0 Å². The fraction of sp³-hybridized carbons (Fsp3) is 0.316. The topological polar surface area (TPSA) is 49.3 Å². The number of nitrogens with one attached hydrogen (secondary N) is 1. The zero-order valence-corrected chi connectivity index (χ0v) is 12.8. The average molecular weight is 313 g/mol. The van der Waals surface area contributed by atoms with Crippen molar-refractivity contribution in [2.75, 3.05) is 6.54 Å². The van der Waals surface area contributed by atoms with Crippen LogP contribution in [-0.2, 0) is 11.2 Å². The molecule has 0 aliphatic heterocycles. The lowest BCUT2D eigenvalue weighted by Crippen LogP contribution is -2.34. The number of carbonyl (C=O) groups is 1. The van der Waals surface area contributed by atoms with Crippen LogP contribution in [0.2, 0.25) is 0 Å². The summed E-state index contributed by atoms with van der Waals surface area (Å²) >= 11 is 0. The van der Waals surface area contributed by atoms with Gasteiger partial charge < -0.3 is 10.4 Å². The number of aliphatic hydroxyl groups excluding tert-OH is 1. The van der Waals surface area contributed by atoms with Crippen molar-refractivity contribution >= 4 is 5.91 Å². The number of fused-ring (bicyclic) bond motifs is 1. The predicted octanol–water partition coefficient (Wildman–Crippen LogP) is 3.10. The van der Waals surface area contributed by atoms with Crippen LogP contribution in [0.1, 0.15) is 41.6 Å². The fourth-order valence-electron chi connectivity index (χ4n) is 3.15. The van der Waals surface area contributed by atoms with Gasteiger partial charge in [0.1, 0.15) is 5.82 Å². The van der Waals surface area contributed by atoms with Gasteiger partial charge in [-0.1, -0.05) is 36.4 Å². The minimum atomic E-state index is -0.835. The molecule has 0 aromatic heterocycles. The molecule has 0 bridgehead atoms. The third-order valence-corrected chi connectivity index (χ3v) is 4.41. The number of hydrogen-bond donors (Lipinski definition) is 2. The molecule has 4 heteroatoms. The average Bonchev–Trinajstić information content (AvgIpc) is 2.59. The molecule has 3 rings (SSSR count). The Hall–Kier alpha value is -2.20. The molecule has 120 valence electrons. The highest BCUT2D eigenvalue weighted by Crippen LogP contribution is 2.31. The number of rotatable bonds is 4. The van der Waals surface area contributed by atoms with Crippen LogP contribution in [0.4, 0.5) is 4.39 Å². The van der Waals surface area contributed by atoms with Crippen molar-refractivity contribution < 1.29 is 14.3 Å². The van der Waals surface area contributed by atoms with Crippen LogP contribution in [0.5, 0.6) is 0 Å². The normalized spacial score (nSPS) is 18.1. The first kappa shape index (κ1) is 15.7. The van der Waals surface area contributed by atoms with Crippen molar-refractivity contribution in [3.63, 3.8) is 0 Å². The Kier molecular flexibility index (Phi) is 4.72. The molecule has 0 heterocycles. The Morgan fingerprint density at radius 2 is 1.96 bits per heavy atom. The van der Waals surface area contributed by atoms with Gasteiger partial charge in [-0.2, -0.15) is 0 Å². The second kappa shape index (κ2) is 6.92. The van der Waals surface area contributed by atoms with Gasteiger partial charge in [0.05, 0.1) is 12.0 Å².